The molecule has 0 radical (unpaired) electrons. The summed E-state index contributed by atoms with van der Waals surface area (Å²) in [6, 6.07) is 14.2. The van der Waals surface area contributed by atoms with Crippen LogP contribution in [0, 0.1) is 6.92 Å². The van der Waals surface area contributed by atoms with Crippen molar-refractivity contribution in [3.8, 4) is 0 Å². The second-order valence-electron chi connectivity index (χ2n) is 6.23. The number of aryl methyl sites for hydroxylation is 1. The summed E-state index contributed by atoms with van der Waals surface area (Å²) in [5, 5.41) is 8.43. The lowest BCUT2D eigenvalue weighted by Gasteiger charge is -2.10. The minimum absolute atomic E-state index is 0.194. The zero-order chi connectivity index (χ0) is 19.8. The first-order valence-corrected chi connectivity index (χ1v) is 8.84. The summed E-state index contributed by atoms with van der Waals surface area (Å²) in [4.78, 5) is 32.3. The molecule has 28 heavy (non-hydrogen) atoms. The molecular weight excluding hydrogens is 354 g/mol. The number of amides is 3. The topological polar surface area (TPSA) is 96.0 Å². The van der Waals surface area contributed by atoms with Crippen molar-refractivity contribution in [1.82, 2.24) is 20.6 Å². The van der Waals surface area contributed by atoms with E-state index in [-0.39, 0.29) is 11.9 Å². The number of hydrogen-bond donors (Lipinski definition) is 3. The minimum atomic E-state index is -0.302. The lowest BCUT2D eigenvalue weighted by atomic mass is 10.2. The Morgan fingerprint density at radius 2 is 1.71 bits per heavy atom. The van der Waals surface area contributed by atoms with E-state index in [0.717, 1.165) is 16.8 Å². The number of urea groups is 1. The van der Waals surface area contributed by atoms with E-state index in [2.05, 4.69) is 25.9 Å². The zero-order valence-corrected chi connectivity index (χ0v) is 15.5. The summed E-state index contributed by atoms with van der Waals surface area (Å²) in [7, 11) is 0. The molecule has 0 spiro atoms. The molecule has 3 N–H and O–H groups in total. The summed E-state index contributed by atoms with van der Waals surface area (Å²) in [5.74, 6) is -0.194. The van der Waals surface area contributed by atoms with E-state index in [1.807, 2.05) is 37.3 Å². The third-order valence-corrected chi connectivity index (χ3v) is 4.01. The minimum Gasteiger partial charge on any atom is -0.348 e. The molecule has 1 aromatic carbocycles. The zero-order valence-electron chi connectivity index (χ0n) is 15.5. The van der Waals surface area contributed by atoms with Gasteiger partial charge in [0, 0.05) is 43.1 Å². The van der Waals surface area contributed by atoms with Gasteiger partial charge in [0.2, 0.25) is 0 Å². The number of aromatic nitrogens is 2. The third-order valence-electron chi connectivity index (χ3n) is 4.01. The number of rotatable bonds is 6. The molecule has 3 rings (SSSR count). The van der Waals surface area contributed by atoms with Crippen LogP contribution in [0.1, 0.15) is 27.2 Å². The highest BCUT2D eigenvalue weighted by atomic mass is 16.2. The van der Waals surface area contributed by atoms with E-state index in [9.17, 15) is 9.59 Å². The van der Waals surface area contributed by atoms with Crippen molar-refractivity contribution in [2.75, 3.05) is 5.32 Å². The van der Waals surface area contributed by atoms with Crippen LogP contribution in [-0.4, -0.2) is 21.9 Å². The summed E-state index contributed by atoms with van der Waals surface area (Å²) in [6.07, 6.45) is 4.91. The molecule has 0 atom stereocenters. The first-order valence-electron chi connectivity index (χ1n) is 8.84. The fourth-order valence-electron chi connectivity index (χ4n) is 2.50. The molecule has 0 saturated carbocycles. The molecule has 3 aromatic rings. The Kier molecular flexibility index (Phi) is 6.30. The number of carbonyl (C=O) groups is 2. The maximum atomic E-state index is 12.2. The van der Waals surface area contributed by atoms with E-state index >= 15 is 0 Å². The van der Waals surface area contributed by atoms with E-state index in [4.69, 9.17) is 0 Å². The summed E-state index contributed by atoms with van der Waals surface area (Å²) < 4.78 is 0. The molecule has 0 unspecified atom stereocenters. The van der Waals surface area contributed by atoms with Gasteiger partial charge in [-0.15, -0.1) is 0 Å². The number of anilines is 1. The van der Waals surface area contributed by atoms with Gasteiger partial charge >= 0.3 is 6.03 Å². The summed E-state index contributed by atoms with van der Waals surface area (Å²) >= 11 is 0. The highest BCUT2D eigenvalue weighted by Gasteiger charge is 2.07. The van der Waals surface area contributed by atoms with Crippen molar-refractivity contribution in [2.24, 2.45) is 0 Å². The van der Waals surface area contributed by atoms with Gasteiger partial charge in [0.1, 0.15) is 0 Å². The first kappa shape index (κ1) is 19.0. The average molecular weight is 375 g/mol. The number of carbonyl (C=O) groups excluding carboxylic acids is 2. The lowest BCUT2D eigenvalue weighted by molar-refractivity contribution is 0.0950. The van der Waals surface area contributed by atoms with Crippen LogP contribution < -0.4 is 16.0 Å². The molecule has 0 aliphatic rings. The predicted octanol–water partition coefficient (Wildman–Crippen LogP) is 3.04. The second kappa shape index (κ2) is 9.27. The van der Waals surface area contributed by atoms with Gasteiger partial charge in [-0.2, -0.15) is 0 Å². The Morgan fingerprint density at radius 3 is 2.46 bits per heavy atom. The molecule has 7 nitrogen and oxygen atoms in total. The Bertz CT molecular complexity index is 943. The fourth-order valence-corrected chi connectivity index (χ4v) is 2.50. The largest absolute Gasteiger partial charge is 0.348 e. The van der Waals surface area contributed by atoms with Crippen LogP contribution in [0.2, 0.25) is 0 Å². The molecule has 0 bridgehead atoms. The number of nitrogens with zero attached hydrogens (tertiary/aromatic N) is 2. The number of benzene rings is 1. The highest BCUT2D eigenvalue weighted by molar-refractivity contribution is 5.93. The Hall–Kier alpha value is -3.74. The Morgan fingerprint density at radius 1 is 0.929 bits per heavy atom. The Labute approximate surface area is 163 Å². The van der Waals surface area contributed by atoms with Gasteiger partial charge in [0.15, 0.2) is 0 Å². The maximum absolute atomic E-state index is 12.2. The van der Waals surface area contributed by atoms with Crippen LogP contribution in [0.25, 0.3) is 0 Å². The van der Waals surface area contributed by atoms with Crippen molar-refractivity contribution in [3.05, 3.63) is 89.5 Å². The summed E-state index contributed by atoms with van der Waals surface area (Å²) in [5.41, 5.74) is 3.86. The van der Waals surface area contributed by atoms with Crippen molar-refractivity contribution in [3.63, 3.8) is 0 Å². The van der Waals surface area contributed by atoms with Gasteiger partial charge in [-0.3, -0.25) is 14.8 Å². The van der Waals surface area contributed by atoms with Crippen LogP contribution in [0.15, 0.2) is 67.1 Å². The van der Waals surface area contributed by atoms with Crippen LogP contribution in [-0.2, 0) is 13.1 Å². The highest BCUT2D eigenvalue weighted by Crippen LogP contribution is 2.11. The van der Waals surface area contributed by atoms with Gasteiger partial charge in [0.05, 0.1) is 5.56 Å². The van der Waals surface area contributed by atoms with Gasteiger partial charge in [0.25, 0.3) is 5.91 Å². The number of nitrogens with one attached hydrogen (secondary N) is 3. The van der Waals surface area contributed by atoms with Crippen molar-refractivity contribution >= 4 is 17.6 Å². The first-order chi connectivity index (χ1) is 13.6. The normalized spacial score (nSPS) is 10.2. The predicted molar refractivity (Wildman–Crippen MR) is 107 cm³/mol. The summed E-state index contributed by atoms with van der Waals surface area (Å²) in [6.45, 7) is 2.63. The Balaban J connectivity index is 1.51. The van der Waals surface area contributed by atoms with Crippen LogP contribution in [0.5, 0.6) is 0 Å². The van der Waals surface area contributed by atoms with Crippen molar-refractivity contribution in [1.29, 1.82) is 0 Å². The molecule has 2 heterocycles. The molecule has 7 heteroatoms. The third kappa shape index (κ3) is 5.63. The van der Waals surface area contributed by atoms with Crippen LogP contribution in [0.3, 0.4) is 0 Å². The molecule has 0 fully saturated rings. The quantitative estimate of drug-likeness (QED) is 0.617. The molecular formula is C21H21N5O2. The van der Waals surface area contributed by atoms with Crippen molar-refractivity contribution < 1.29 is 9.59 Å². The number of hydrogen-bond acceptors (Lipinski definition) is 4. The average Bonchev–Trinajstić information content (AvgIpc) is 2.72. The lowest BCUT2D eigenvalue weighted by Crippen LogP contribution is -2.28. The second-order valence-corrected chi connectivity index (χ2v) is 6.23. The van der Waals surface area contributed by atoms with E-state index in [1.54, 1.807) is 36.8 Å². The van der Waals surface area contributed by atoms with Crippen molar-refractivity contribution in [2.45, 2.75) is 20.0 Å². The van der Waals surface area contributed by atoms with E-state index in [1.165, 1.54) is 0 Å². The molecule has 3 amide bonds. The molecule has 0 aliphatic carbocycles. The monoisotopic (exact) mass is 375 g/mol. The van der Waals surface area contributed by atoms with E-state index < -0.39 is 0 Å². The van der Waals surface area contributed by atoms with E-state index in [0.29, 0.717) is 24.3 Å². The standard InChI is InChI=1S/C21H21N5O2/c1-15-5-6-18(14-23-15)20(27)24-13-17-3-2-4-19(11-17)26-21(28)25-12-16-7-9-22-10-8-16/h2-11,14H,12-13H2,1H3,(H,24,27)(H2,25,26,28). The molecule has 0 aliphatic heterocycles. The van der Waals surface area contributed by atoms with Crippen LogP contribution >= 0.6 is 0 Å². The maximum Gasteiger partial charge on any atom is 0.319 e. The van der Waals surface area contributed by atoms with Gasteiger partial charge in [-0.05, 0) is 54.4 Å². The SMILES string of the molecule is Cc1ccc(C(=O)NCc2cccc(NC(=O)NCc3ccncc3)c2)cn1. The smallest absolute Gasteiger partial charge is 0.319 e. The molecule has 0 saturated heterocycles. The van der Waals surface area contributed by atoms with Gasteiger partial charge < -0.3 is 16.0 Å². The van der Waals surface area contributed by atoms with Crippen LogP contribution in [0.4, 0.5) is 10.5 Å². The number of pyridine rings is 2. The fraction of sp³-hybridized carbons (Fsp3) is 0.143. The molecule has 142 valence electrons. The van der Waals surface area contributed by atoms with Gasteiger partial charge in [-0.25, -0.2) is 4.79 Å². The van der Waals surface area contributed by atoms with Gasteiger partial charge in [-0.1, -0.05) is 12.1 Å². The molecule has 2 aromatic heterocycles.